The zero-order valence-corrected chi connectivity index (χ0v) is 13.8. The highest BCUT2D eigenvalue weighted by molar-refractivity contribution is 5.94. The number of nitrogens with one attached hydrogen (secondary N) is 1. The standard InChI is InChI=1S/C16H22N2O5/c1-10(15(19)17-16(20)23-4)18-6-5-11-7-13(21-2)14(22-3)8-12(11)9-18/h7-8,10H,5-6,9H2,1-4H3,(H,17,19,20)/t10-/m0/s1. The van der Waals surface area contributed by atoms with Crippen molar-refractivity contribution in [2.75, 3.05) is 27.9 Å². The van der Waals surface area contributed by atoms with Crippen molar-refractivity contribution in [3.8, 4) is 11.5 Å². The first-order chi connectivity index (χ1) is 11.0. The largest absolute Gasteiger partial charge is 0.493 e. The molecule has 0 unspecified atom stereocenters. The molecule has 0 fully saturated rings. The number of ether oxygens (including phenoxy) is 3. The van der Waals surface area contributed by atoms with Crippen molar-refractivity contribution >= 4 is 12.0 Å². The molecule has 126 valence electrons. The summed E-state index contributed by atoms with van der Waals surface area (Å²) in [7, 11) is 4.43. The normalized spacial score (nSPS) is 15.3. The lowest BCUT2D eigenvalue weighted by Crippen LogP contribution is -2.48. The van der Waals surface area contributed by atoms with Crippen molar-refractivity contribution in [3.05, 3.63) is 23.3 Å². The highest BCUT2D eigenvalue weighted by atomic mass is 16.5. The van der Waals surface area contributed by atoms with Crippen LogP contribution in [0.3, 0.4) is 0 Å². The van der Waals surface area contributed by atoms with E-state index in [9.17, 15) is 9.59 Å². The maximum atomic E-state index is 12.0. The average Bonchev–Trinajstić information content (AvgIpc) is 2.58. The second-order valence-electron chi connectivity index (χ2n) is 5.35. The molecule has 0 radical (unpaired) electrons. The molecule has 1 aliphatic heterocycles. The Bertz CT molecular complexity index is 602. The molecule has 0 spiro atoms. The van der Waals surface area contributed by atoms with Crippen LogP contribution in [0.2, 0.25) is 0 Å². The average molecular weight is 322 g/mol. The van der Waals surface area contributed by atoms with Gasteiger partial charge in [-0.05, 0) is 36.6 Å². The molecule has 7 heteroatoms. The Kier molecular flexibility index (Phi) is 5.44. The summed E-state index contributed by atoms with van der Waals surface area (Å²) in [5, 5.41) is 2.20. The van der Waals surface area contributed by atoms with Gasteiger partial charge in [0.2, 0.25) is 5.91 Å². The van der Waals surface area contributed by atoms with Crippen molar-refractivity contribution in [3.63, 3.8) is 0 Å². The van der Waals surface area contributed by atoms with E-state index in [2.05, 4.69) is 10.1 Å². The third-order valence-electron chi connectivity index (χ3n) is 4.09. The van der Waals surface area contributed by atoms with Gasteiger partial charge >= 0.3 is 6.09 Å². The SMILES string of the molecule is COC(=O)NC(=O)[C@H](C)N1CCc2cc(OC)c(OC)cc2C1. The number of benzene rings is 1. The van der Waals surface area contributed by atoms with Gasteiger partial charge in [0.15, 0.2) is 11.5 Å². The van der Waals surface area contributed by atoms with Gasteiger partial charge in [0.25, 0.3) is 0 Å². The number of methoxy groups -OCH3 is 3. The van der Waals surface area contributed by atoms with E-state index in [4.69, 9.17) is 9.47 Å². The van der Waals surface area contributed by atoms with Crippen LogP contribution in [0, 0.1) is 0 Å². The van der Waals surface area contributed by atoms with Crippen LogP contribution in [0.15, 0.2) is 12.1 Å². The Hall–Kier alpha value is -2.28. The van der Waals surface area contributed by atoms with E-state index >= 15 is 0 Å². The number of amides is 2. The van der Waals surface area contributed by atoms with Crippen molar-refractivity contribution in [1.29, 1.82) is 0 Å². The van der Waals surface area contributed by atoms with Gasteiger partial charge in [-0.1, -0.05) is 0 Å². The Labute approximate surface area is 135 Å². The van der Waals surface area contributed by atoms with Crippen LogP contribution in [-0.4, -0.2) is 50.8 Å². The highest BCUT2D eigenvalue weighted by Gasteiger charge is 2.27. The summed E-state index contributed by atoms with van der Waals surface area (Å²) in [5.41, 5.74) is 2.27. The van der Waals surface area contributed by atoms with Gasteiger partial charge in [0, 0.05) is 13.1 Å². The molecule has 0 bridgehead atoms. The van der Waals surface area contributed by atoms with E-state index in [1.54, 1.807) is 21.1 Å². The Balaban J connectivity index is 2.13. The molecular formula is C16H22N2O5. The van der Waals surface area contributed by atoms with E-state index in [0.29, 0.717) is 18.0 Å². The molecule has 1 aromatic carbocycles. The van der Waals surface area contributed by atoms with E-state index in [1.165, 1.54) is 12.7 Å². The number of alkyl carbamates (subject to hydrolysis) is 1. The number of carbonyl (C=O) groups is 2. The lowest BCUT2D eigenvalue weighted by molar-refractivity contribution is -0.125. The molecule has 1 heterocycles. The predicted molar refractivity (Wildman–Crippen MR) is 83.7 cm³/mol. The van der Waals surface area contributed by atoms with E-state index in [-0.39, 0.29) is 5.91 Å². The van der Waals surface area contributed by atoms with Gasteiger partial charge in [-0.25, -0.2) is 4.79 Å². The van der Waals surface area contributed by atoms with Crippen molar-refractivity contribution in [2.45, 2.75) is 25.9 Å². The number of carbonyl (C=O) groups excluding carboxylic acids is 2. The monoisotopic (exact) mass is 322 g/mol. The Morgan fingerprint density at radius 2 is 1.74 bits per heavy atom. The summed E-state index contributed by atoms with van der Waals surface area (Å²) in [4.78, 5) is 25.2. The minimum atomic E-state index is -0.745. The second kappa shape index (κ2) is 7.32. The lowest BCUT2D eigenvalue weighted by Gasteiger charge is -2.33. The molecule has 2 amide bonds. The zero-order chi connectivity index (χ0) is 17.0. The van der Waals surface area contributed by atoms with Gasteiger partial charge in [0.1, 0.15) is 0 Å². The first-order valence-electron chi connectivity index (χ1n) is 7.36. The van der Waals surface area contributed by atoms with Crippen molar-refractivity contribution in [1.82, 2.24) is 10.2 Å². The molecule has 7 nitrogen and oxygen atoms in total. The second-order valence-corrected chi connectivity index (χ2v) is 5.35. The number of fused-ring (bicyclic) bond motifs is 1. The molecule has 1 aliphatic rings. The van der Waals surface area contributed by atoms with E-state index in [1.807, 2.05) is 17.0 Å². The number of rotatable bonds is 4. The smallest absolute Gasteiger partial charge is 0.413 e. The molecule has 1 atom stereocenters. The van der Waals surface area contributed by atoms with Crippen LogP contribution < -0.4 is 14.8 Å². The van der Waals surface area contributed by atoms with Crippen LogP contribution in [0.25, 0.3) is 0 Å². The first-order valence-corrected chi connectivity index (χ1v) is 7.36. The van der Waals surface area contributed by atoms with E-state index < -0.39 is 12.1 Å². The summed E-state index contributed by atoms with van der Waals surface area (Å²) in [6.45, 7) is 3.09. The summed E-state index contributed by atoms with van der Waals surface area (Å²) >= 11 is 0. The third kappa shape index (κ3) is 3.73. The first kappa shape index (κ1) is 17.1. The fourth-order valence-electron chi connectivity index (χ4n) is 2.66. The summed E-state index contributed by atoms with van der Waals surface area (Å²) in [6.07, 6.45) is 0.0524. The third-order valence-corrected chi connectivity index (χ3v) is 4.09. The number of imide groups is 1. The van der Waals surface area contributed by atoms with Gasteiger partial charge in [-0.3, -0.25) is 15.0 Å². The number of nitrogens with zero attached hydrogens (tertiary/aromatic N) is 1. The van der Waals surface area contributed by atoms with Crippen molar-refractivity contribution in [2.24, 2.45) is 0 Å². The molecule has 2 rings (SSSR count). The molecule has 1 N–H and O–H groups in total. The minimum Gasteiger partial charge on any atom is -0.493 e. The maximum Gasteiger partial charge on any atom is 0.413 e. The van der Waals surface area contributed by atoms with Crippen LogP contribution in [-0.2, 0) is 22.5 Å². The van der Waals surface area contributed by atoms with Gasteiger partial charge in [0.05, 0.1) is 27.4 Å². The molecule has 1 aromatic rings. The Morgan fingerprint density at radius 1 is 1.13 bits per heavy atom. The van der Waals surface area contributed by atoms with Crippen LogP contribution in [0.4, 0.5) is 4.79 Å². The van der Waals surface area contributed by atoms with Gasteiger partial charge in [-0.2, -0.15) is 0 Å². The van der Waals surface area contributed by atoms with E-state index in [0.717, 1.165) is 18.5 Å². The molecule has 0 aromatic heterocycles. The van der Waals surface area contributed by atoms with Crippen LogP contribution in [0.1, 0.15) is 18.1 Å². The molecule has 0 aliphatic carbocycles. The van der Waals surface area contributed by atoms with Gasteiger partial charge < -0.3 is 14.2 Å². The molecule has 0 saturated carbocycles. The number of hydrogen-bond acceptors (Lipinski definition) is 6. The molecule has 23 heavy (non-hydrogen) atoms. The summed E-state index contributed by atoms with van der Waals surface area (Å²) in [6, 6.07) is 3.48. The molecular weight excluding hydrogens is 300 g/mol. The van der Waals surface area contributed by atoms with Crippen molar-refractivity contribution < 1.29 is 23.8 Å². The summed E-state index contributed by atoms with van der Waals surface area (Å²) in [5.74, 6) is 0.997. The Morgan fingerprint density at radius 3 is 2.30 bits per heavy atom. The quantitative estimate of drug-likeness (QED) is 0.901. The minimum absolute atomic E-state index is 0.374. The zero-order valence-electron chi connectivity index (χ0n) is 13.8. The predicted octanol–water partition coefficient (Wildman–Crippen LogP) is 1.33. The fraction of sp³-hybridized carbons (Fsp3) is 0.500. The number of hydrogen-bond donors (Lipinski definition) is 1. The topological polar surface area (TPSA) is 77.1 Å². The highest BCUT2D eigenvalue weighted by Crippen LogP contribution is 2.33. The van der Waals surface area contributed by atoms with Crippen LogP contribution in [0.5, 0.6) is 11.5 Å². The summed E-state index contributed by atoms with van der Waals surface area (Å²) < 4.78 is 15.1. The van der Waals surface area contributed by atoms with Gasteiger partial charge in [-0.15, -0.1) is 0 Å². The molecule has 0 saturated heterocycles. The lowest BCUT2D eigenvalue weighted by atomic mass is 9.97. The van der Waals surface area contributed by atoms with Crippen LogP contribution >= 0.6 is 0 Å². The fourth-order valence-corrected chi connectivity index (χ4v) is 2.66. The maximum absolute atomic E-state index is 12.0.